The predicted molar refractivity (Wildman–Crippen MR) is 351 cm³/mol. The van der Waals surface area contributed by atoms with E-state index < -0.39 is 0 Å². The molecule has 0 amide bonds. The van der Waals surface area contributed by atoms with E-state index in [0.717, 1.165) is 40.7 Å². The van der Waals surface area contributed by atoms with Crippen molar-refractivity contribution in [2.75, 3.05) is 24.0 Å². The van der Waals surface area contributed by atoms with Crippen LogP contribution in [-0.2, 0) is 16.2 Å². The summed E-state index contributed by atoms with van der Waals surface area (Å²) in [5.74, 6) is 2.17. The van der Waals surface area contributed by atoms with Crippen molar-refractivity contribution in [3.8, 4) is 44.9 Å². The smallest absolute Gasteiger partial charge is 0.119 e. The lowest BCUT2D eigenvalue weighted by atomic mass is 9.81. The molecule has 0 radical (unpaired) electrons. The molecule has 0 aliphatic heterocycles. The number of aryl methyl sites for hydroxylation is 2. The molecule has 4 aliphatic carbocycles. The number of benzene rings is 9. The molecule has 0 spiro atoms. The SMILES string of the molecule is COc1ccc(N(C2=CC(C)=CC(C)C2)c2ccc3c(c2)C(C)(C)c2cc(/C=C/c4ccc5c(c4)C(C)(C)c4cc(/C=C/c6ccc7c(c6)C(C)(C)c6cc(N(c8ccc(OC)cc8)c8cc(C)cc(C)c8)ccc6-7)ccc4-5)ccc2-3)cc1. The van der Waals surface area contributed by atoms with E-state index >= 15 is 0 Å². The number of methoxy groups -OCH3 is 2. The molecule has 0 fully saturated rings. The fourth-order valence-electron chi connectivity index (χ4n) is 14.2. The van der Waals surface area contributed by atoms with Crippen molar-refractivity contribution in [1.82, 2.24) is 0 Å². The van der Waals surface area contributed by atoms with Crippen LogP contribution in [0.15, 0.2) is 199 Å². The highest BCUT2D eigenvalue weighted by molar-refractivity contribution is 5.90. The third-order valence-corrected chi connectivity index (χ3v) is 18.4. The molecular formula is C79H74N2O2. The summed E-state index contributed by atoms with van der Waals surface area (Å²) < 4.78 is 11.1. The van der Waals surface area contributed by atoms with Crippen molar-refractivity contribution in [3.63, 3.8) is 0 Å². The van der Waals surface area contributed by atoms with Gasteiger partial charge in [-0.05, 0) is 224 Å². The molecule has 0 bridgehead atoms. The Hall–Kier alpha value is -8.86. The second kappa shape index (κ2) is 20.2. The van der Waals surface area contributed by atoms with Gasteiger partial charge in [0.25, 0.3) is 0 Å². The first-order chi connectivity index (χ1) is 39.9. The number of allylic oxidation sites excluding steroid dienone is 4. The van der Waals surface area contributed by atoms with E-state index in [2.05, 4.69) is 279 Å². The lowest BCUT2D eigenvalue weighted by Gasteiger charge is -2.32. The zero-order chi connectivity index (χ0) is 57.7. The maximum Gasteiger partial charge on any atom is 0.119 e. The molecule has 9 aromatic carbocycles. The van der Waals surface area contributed by atoms with Crippen molar-refractivity contribution in [2.24, 2.45) is 5.92 Å². The van der Waals surface area contributed by atoms with Crippen LogP contribution in [-0.4, -0.2) is 14.2 Å². The molecule has 1 unspecified atom stereocenters. The summed E-state index contributed by atoms with van der Waals surface area (Å²) >= 11 is 0. The average molecular weight is 1080 g/mol. The largest absolute Gasteiger partial charge is 0.497 e. The number of nitrogens with zero attached hydrogens (tertiary/aromatic N) is 2. The van der Waals surface area contributed by atoms with E-state index in [-0.39, 0.29) is 16.2 Å². The highest BCUT2D eigenvalue weighted by Gasteiger charge is 2.39. The van der Waals surface area contributed by atoms with Crippen LogP contribution in [0.1, 0.15) is 129 Å². The Morgan fingerprint density at radius 2 is 0.699 bits per heavy atom. The molecule has 4 nitrogen and oxygen atoms in total. The molecule has 13 rings (SSSR count). The molecule has 1 atom stereocenters. The quantitative estimate of drug-likeness (QED) is 0.114. The predicted octanol–water partition coefficient (Wildman–Crippen LogP) is 21.1. The summed E-state index contributed by atoms with van der Waals surface area (Å²) in [5, 5.41) is 0. The summed E-state index contributed by atoms with van der Waals surface area (Å²) in [7, 11) is 3.45. The molecule has 4 aliphatic rings. The molecule has 0 N–H and O–H groups in total. The number of ether oxygens (including phenoxy) is 2. The Kier molecular flexibility index (Phi) is 13.0. The van der Waals surface area contributed by atoms with Crippen LogP contribution in [0.3, 0.4) is 0 Å². The minimum absolute atomic E-state index is 0.159. The third kappa shape index (κ3) is 9.33. The molecule has 83 heavy (non-hydrogen) atoms. The van der Waals surface area contributed by atoms with Gasteiger partial charge in [0, 0.05) is 50.4 Å². The van der Waals surface area contributed by atoms with Gasteiger partial charge in [-0.1, -0.05) is 175 Å². The van der Waals surface area contributed by atoms with E-state index in [1.54, 1.807) is 14.2 Å². The van der Waals surface area contributed by atoms with Crippen molar-refractivity contribution in [2.45, 2.75) is 91.9 Å². The Labute approximate surface area is 492 Å². The second-order valence-corrected chi connectivity index (χ2v) is 25.4. The number of anilines is 5. The van der Waals surface area contributed by atoms with Crippen molar-refractivity contribution in [1.29, 1.82) is 0 Å². The summed E-state index contributed by atoms with van der Waals surface area (Å²) in [6.45, 7) is 23.2. The van der Waals surface area contributed by atoms with E-state index in [1.165, 1.54) is 117 Å². The summed E-state index contributed by atoms with van der Waals surface area (Å²) in [6.07, 6.45) is 14.9. The first kappa shape index (κ1) is 53.5. The third-order valence-electron chi connectivity index (χ3n) is 18.4. The highest BCUT2D eigenvalue weighted by Crippen LogP contribution is 2.54. The van der Waals surface area contributed by atoms with E-state index in [4.69, 9.17) is 9.47 Å². The summed E-state index contributed by atoms with van der Waals surface area (Å²) in [5.41, 5.74) is 31.1. The molecular weight excluding hydrogens is 1010 g/mol. The number of hydrogen-bond acceptors (Lipinski definition) is 4. The van der Waals surface area contributed by atoms with Crippen LogP contribution in [0.2, 0.25) is 0 Å². The van der Waals surface area contributed by atoms with Gasteiger partial charge >= 0.3 is 0 Å². The second-order valence-electron chi connectivity index (χ2n) is 25.4. The Balaban J connectivity index is 0.729. The monoisotopic (exact) mass is 1080 g/mol. The van der Waals surface area contributed by atoms with Crippen LogP contribution in [0.25, 0.3) is 57.7 Å². The lowest BCUT2D eigenvalue weighted by molar-refractivity contribution is 0.414. The van der Waals surface area contributed by atoms with Gasteiger partial charge in [-0.25, -0.2) is 0 Å². The van der Waals surface area contributed by atoms with Crippen LogP contribution in [0, 0.1) is 19.8 Å². The number of hydrogen-bond donors (Lipinski definition) is 0. The van der Waals surface area contributed by atoms with Crippen LogP contribution >= 0.6 is 0 Å². The van der Waals surface area contributed by atoms with Crippen LogP contribution < -0.4 is 19.3 Å². The Morgan fingerprint density at radius 1 is 0.373 bits per heavy atom. The molecule has 4 heteroatoms. The maximum atomic E-state index is 5.56. The summed E-state index contributed by atoms with van der Waals surface area (Å²) in [4.78, 5) is 4.82. The standard InChI is InChI=1S/C79H74N2O2/c1-49-37-50(2)40-61(39-49)80(57-21-27-63(82-11)28-22-57)59-25-35-69-67-33-19-55(45-73(67)78(7,8)75(69)47-59)15-13-53-17-31-65-66-32-18-54(44-72(66)77(5,6)71(65)43-53)14-16-56-20-34-68-70-36-26-60(48-76(70)79(9,10)74(68)46-56)81(58-23-29-64(83-12)30-24-58)62-41-51(3)38-52(4)42-62/h13-41,43-48,52H,42H2,1-12H3/b15-13+,16-14+. The van der Waals surface area contributed by atoms with Gasteiger partial charge < -0.3 is 19.3 Å². The number of rotatable bonds is 12. The maximum absolute atomic E-state index is 5.56. The fourth-order valence-corrected chi connectivity index (χ4v) is 14.2. The van der Waals surface area contributed by atoms with Gasteiger partial charge in [0.15, 0.2) is 0 Å². The molecule has 0 heterocycles. The first-order valence-corrected chi connectivity index (χ1v) is 29.5. The van der Waals surface area contributed by atoms with Crippen molar-refractivity contribution in [3.05, 3.63) is 266 Å². The molecule has 9 aromatic rings. The number of fused-ring (bicyclic) bond motifs is 9. The zero-order valence-corrected chi connectivity index (χ0v) is 50.2. The minimum Gasteiger partial charge on any atom is -0.497 e. The topological polar surface area (TPSA) is 24.9 Å². The van der Waals surface area contributed by atoms with Gasteiger partial charge in [0.05, 0.1) is 14.2 Å². The van der Waals surface area contributed by atoms with E-state index in [9.17, 15) is 0 Å². The van der Waals surface area contributed by atoms with Gasteiger partial charge in [0.2, 0.25) is 0 Å². The zero-order valence-electron chi connectivity index (χ0n) is 50.2. The first-order valence-electron chi connectivity index (χ1n) is 29.5. The fraction of sp³-hybridized carbons (Fsp3) is 0.215. The minimum atomic E-state index is -0.196. The average Bonchev–Trinajstić information content (AvgIpc) is 1.92. The lowest BCUT2D eigenvalue weighted by Crippen LogP contribution is -2.21. The van der Waals surface area contributed by atoms with Crippen LogP contribution in [0.5, 0.6) is 11.5 Å². The van der Waals surface area contributed by atoms with Crippen molar-refractivity contribution < 1.29 is 9.47 Å². The van der Waals surface area contributed by atoms with Gasteiger partial charge in [0.1, 0.15) is 11.5 Å². The Bertz CT molecular complexity index is 4200. The van der Waals surface area contributed by atoms with E-state index in [1.807, 2.05) is 12.1 Å². The normalized spacial score (nSPS) is 16.4. The molecule has 412 valence electrons. The van der Waals surface area contributed by atoms with Gasteiger partial charge in [-0.3, -0.25) is 0 Å². The van der Waals surface area contributed by atoms with Crippen LogP contribution in [0.4, 0.5) is 28.4 Å². The van der Waals surface area contributed by atoms with Gasteiger partial charge in [-0.2, -0.15) is 0 Å². The molecule has 0 aromatic heterocycles. The summed E-state index contributed by atoms with van der Waals surface area (Å²) in [6, 6.07) is 65.9. The van der Waals surface area contributed by atoms with Crippen molar-refractivity contribution >= 4 is 52.7 Å². The van der Waals surface area contributed by atoms with E-state index in [0.29, 0.717) is 5.92 Å². The van der Waals surface area contributed by atoms with Gasteiger partial charge in [-0.15, -0.1) is 0 Å². The highest BCUT2D eigenvalue weighted by atomic mass is 16.5. The molecule has 0 saturated heterocycles. The Morgan fingerprint density at radius 3 is 1.06 bits per heavy atom. The molecule has 0 saturated carbocycles.